The van der Waals surface area contributed by atoms with Crippen molar-refractivity contribution in [3.63, 3.8) is 0 Å². The van der Waals surface area contributed by atoms with Gasteiger partial charge < -0.3 is 14.8 Å². The van der Waals surface area contributed by atoms with Crippen molar-refractivity contribution in [1.82, 2.24) is 5.32 Å². The van der Waals surface area contributed by atoms with Crippen molar-refractivity contribution in [3.8, 4) is 11.5 Å². The first kappa shape index (κ1) is 15.7. The van der Waals surface area contributed by atoms with E-state index in [1.54, 1.807) is 0 Å². The molecule has 4 nitrogen and oxygen atoms in total. The molecule has 1 aromatic rings. The van der Waals surface area contributed by atoms with E-state index in [-0.39, 0.29) is 12.5 Å². The van der Waals surface area contributed by atoms with Crippen LogP contribution in [-0.4, -0.2) is 25.2 Å². The largest absolute Gasteiger partial charge is 0.485 e. The molecule has 1 heterocycles. The van der Waals surface area contributed by atoms with Gasteiger partial charge in [-0.2, -0.15) is 0 Å². The second kappa shape index (κ2) is 7.91. The van der Waals surface area contributed by atoms with E-state index in [0.717, 1.165) is 19.4 Å². The van der Waals surface area contributed by atoms with Crippen molar-refractivity contribution in [3.05, 3.63) is 24.3 Å². The third-order valence-corrected chi connectivity index (χ3v) is 3.91. The first-order valence-corrected chi connectivity index (χ1v) is 7.90. The normalized spacial score (nSPS) is 18.1. The van der Waals surface area contributed by atoms with Gasteiger partial charge in [-0.25, -0.2) is 0 Å². The quantitative estimate of drug-likeness (QED) is 0.839. The summed E-state index contributed by atoms with van der Waals surface area (Å²) in [6.07, 6.45) is 4.11. The molecule has 2 atom stereocenters. The van der Waals surface area contributed by atoms with Gasteiger partial charge in [0.2, 0.25) is 6.10 Å². The van der Waals surface area contributed by atoms with Crippen LogP contribution in [0, 0.1) is 5.92 Å². The average molecular weight is 291 g/mol. The lowest BCUT2D eigenvalue weighted by atomic mass is 9.99. The molecule has 0 fully saturated rings. The van der Waals surface area contributed by atoms with E-state index >= 15 is 0 Å². The van der Waals surface area contributed by atoms with Crippen LogP contribution < -0.4 is 14.8 Å². The van der Waals surface area contributed by atoms with E-state index in [1.165, 1.54) is 12.8 Å². The second-order valence-corrected chi connectivity index (χ2v) is 5.53. The predicted molar refractivity (Wildman–Crippen MR) is 82.7 cm³/mol. The van der Waals surface area contributed by atoms with Gasteiger partial charge in [-0.1, -0.05) is 45.2 Å². The molecule has 2 rings (SSSR count). The minimum atomic E-state index is -0.552. The molecule has 1 amide bonds. The molecule has 1 N–H and O–H groups in total. The molecule has 1 aromatic carbocycles. The summed E-state index contributed by atoms with van der Waals surface area (Å²) in [6.45, 7) is 5.35. The number of hydrogen-bond donors (Lipinski definition) is 1. The molecule has 1 aliphatic rings. The summed E-state index contributed by atoms with van der Waals surface area (Å²) < 4.78 is 11.3. The van der Waals surface area contributed by atoms with E-state index in [2.05, 4.69) is 19.2 Å². The van der Waals surface area contributed by atoms with E-state index in [4.69, 9.17) is 9.47 Å². The fourth-order valence-corrected chi connectivity index (χ4v) is 2.45. The van der Waals surface area contributed by atoms with E-state index < -0.39 is 6.10 Å². The van der Waals surface area contributed by atoms with Gasteiger partial charge in [-0.05, 0) is 24.5 Å². The number of ether oxygens (including phenoxy) is 2. The summed E-state index contributed by atoms with van der Waals surface area (Å²) in [5.74, 6) is 1.81. The number of carbonyl (C=O) groups excluding carboxylic acids is 1. The summed E-state index contributed by atoms with van der Waals surface area (Å²) >= 11 is 0. The summed E-state index contributed by atoms with van der Waals surface area (Å²) in [6, 6.07) is 7.44. The minimum Gasteiger partial charge on any atom is -0.485 e. The highest BCUT2D eigenvalue weighted by Gasteiger charge is 2.27. The number of carbonyl (C=O) groups is 1. The van der Waals surface area contributed by atoms with Gasteiger partial charge in [0.05, 0.1) is 0 Å². The number of hydrogen-bond acceptors (Lipinski definition) is 3. The Hall–Kier alpha value is -1.71. The first-order valence-electron chi connectivity index (χ1n) is 7.90. The lowest BCUT2D eigenvalue weighted by Crippen LogP contribution is -2.45. The van der Waals surface area contributed by atoms with Crippen LogP contribution in [-0.2, 0) is 4.79 Å². The molecule has 0 radical (unpaired) electrons. The molecule has 21 heavy (non-hydrogen) atoms. The van der Waals surface area contributed by atoms with Crippen LogP contribution in [0.3, 0.4) is 0 Å². The Bertz CT molecular complexity index is 461. The smallest absolute Gasteiger partial charge is 0.264 e. The fourth-order valence-electron chi connectivity index (χ4n) is 2.45. The first-order chi connectivity index (χ1) is 10.2. The molecule has 0 spiro atoms. The number of para-hydroxylation sites is 2. The number of benzene rings is 1. The van der Waals surface area contributed by atoms with E-state index in [0.29, 0.717) is 17.4 Å². The molecular formula is C17H25NO3. The van der Waals surface area contributed by atoms with Crippen molar-refractivity contribution in [1.29, 1.82) is 0 Å². The average Bonchev–Trinajstić information content (AvgIpc) is 2.54. The Morgan fingerprint density at radius 2 is 2.10 bits per heavy atom. The van der Waals surface area contributed by atoms with Gasteiger partial charge in [0.25, 0.3) is 5.91 Å². The highest BCUT2D eigenvalue weighted by Crippen LogP contribution is 2.30. The molecule has 4 heteroatoms. The number of nitrogens with one attached hydrogen (secondary N) is 1. The minimum absolute atomic E-state index is 0.0838. The van der Waals surface area contributed by atoms with Gasteiger partial charge in [0.15, 0.2) is 11.5 Å². The van der Waals surface area contributed by atoms with Gasteiger partial charge in [-0.15, -0.1) is 0 Å². The van der Waals surface area contributed by atoms with Crippen LogP contribution in [0.4, 0.5) is 0 Å². The maximum absolute atomic E-state index is 12.2. The van der Waals surface area contributed by atoms with Crippen molar-refractivity contribution in [2.75, 3.05) is 13.2 Å². The maximum atomic E-state index is 12.2. The number of amides is 1. The number of rotatable bonds is 7. The molecule has 0 aliphatic carbocycles. The molecule has 0 saturated carbocycles. The Kier molecular flexibility index (Phi) is 5.90. The van der Waals surface area contributed by atoms with Crippen molar-refractivity contribution < 1.29 is 14.3 Å². The molecule has 0 unspecified atom stereocenters. The van der Waals surface area contributed by atoms with Gasteiger partial charge in [0, 0.05) is 6.54 Å². The van der Waals surface area contributed by atoms with E-state index in [1.807, 2.05) is 24.3 Å². The molecule has 1 aliphatic heterocycles. The van der Waals surface area contributed by atoms with Crippen molar-refractivity contribution in [2.45, 2.75) is 45.6 Å². The summed E-state index contributed by atoms with van der Waals surface area (Å²) in [7, 11) is 0. The summed E-state index contributed by atoms with van der Waals surface area (Å²) in [5.41, 5.74) is 0. The van der Waals surface area contributed by atoms with Gasteiger partial charge >= 0.3 is 0 Å². The second-order valence-electron chi connectivity index (χ2n) is 5.53. The third kappa shape index (κ3) is 4.38. The molecule has 0 bridgehead atoms. The highest BCUT2D eigenvalue weighted by molar-refractivity contribution is 5.81. The number of unbranched alkanes of at least 4 members (excludes halogenated alkanes) is 1. The lowest BCUT2D eigenvalue weighted by Gasteiger charge is -2.26. The zero-order chi connectivity index (χ0) is 15.1. The standard InChI is InChI=1S/C17H25NO3/c1-3-5-8-13(4-2)11-18-17(19)16-12-20-14-9-6-7-10-15(14)21-16/h6-7,9-10,13,16H,3-5,8,11-12H2,1-2H3,(H,18,19)/t13-,16+/m1/s1. The molecule has 0 saturated heterocycles. The van der Waals surface area contributed by atoms with Crippen LogP contribution >= 0.6 is 0 Å². The zero-order valence-electron chi connectivity index (χ0n) is 12.9. The van der Waals surface area contributed by atoms with Crippen molar-refractivity contribution >= 4 is 5.91 Å². The third-order valence-electron chi connectivity index (χ3n) is 3.91. The summed E-state index contributed by atoms with van der Waals surface area (Å²) in [4.78, 5) is 12.2. The SMILES string of the molecule is CCCC[C@@H](CC)CNC(=O)[C@@H]1COc2ccccc2O1. The Balaban J connectivity index is 1.82. The maximum Gasteiger partial charge on any atom is 0.264 e. The van der Waals surface area contributed by atoms with Crippen LogP contribution in [0.2, 0.25) is 0 Å². The topological polar surface area (TPSA) is 47.6 Å². The Morgan fingerprint density at radius 1 is 1.33 bits per heavy atom. The molecular weight excluding hydrogens is 266 g/mol. The molecule has 0 aromatic heterocycles. The van der Waals surface area contributed by atoms with Crippen LogP contribution in [0.5, 0.6) is 11.5 Å². The van der Waals surface area contributed by atoms with Gasteiger partial charge in [0.1, 0.15) is 6.61 Å². The fraction of sp³-hybridized carbons (Fsp3) is 0.588. The van der Waals surface area contributed by atoms with E-state index in [9.17, 15) is 4.79 Å². The highest BCUT2D eigenvalue weighted by atomic mass is 16.6. The van der Waals surface area contributed by atoms with Crippen LogP contribution in [0.15, 0.2) is 24.3 Å². The van der Waals surface area contributed by atoms with Crippen LogP contribution in [0.1, 0.15) is 39.5 Å². The molecule has 116 valence electrons. The van der Waals surface area contributed by atoms with Gasteiger partial charge in [-0.3, -0.25) is 4.79 Å². The lowest BCUT2D eigenvalue weighted by molar-refractivity contribution is -0.130. The Morgan fingerprint density at radius 3 is 2.81 bits per heavy atom. The van der Waals surface area contributed by atoms with Crippen molar-refractivity contribution in [2.24, 2.45) is 5.92 Å². The zero-order valence-corrected chi connectivity index (χ0v) is 12.9. The monoisotopic (exact) mass is 291 g/mol. The van der Waals surface area contributed by atoms with Crippen LogP contribution in [0.25, 0.3) is 0 Å². The Labute approximate surface area is 126 Å². The number of fused-ring (bicyclic) bond motifs is 1. The summed E-state index contributed by atoms with van der Waals surface area (Å²) in [5, 5.41) is 3.00. The predicted octanol–water partition coefficient (Wildman–Crippen LogP) is 3.16.